The molecule has 0 aliphatic rings. The molecule has 9 aromatic rings. The highest BCUT2D eigenvalue weighted by atomic mass is 32.1. The van der Waals surface area contributed by atoms with Crippen LogP contribution in [0.15, 0.2) is 217 Å². The number of nitrogens with zero attached hydrogens (tertiary/aromatic N) is 6. The van der Waals surface area contributed by atoms with Crippen LogP contribution in [-0.2, 0) is 21.1 Å². The third-order valence-electron chi connectivity index (χ3n) is 10.00. The van der Waals surface area contributed by atoms with Gasteiger partial charge in [0.15, 0.2) is 0 Å². The second kappa shape index (κ2) is 153. The van der Waals surface area contributed by atoms with Crippen molar-refractivity contribution in [1.29, 1.82) is 0 Å². The monoisotopic (exact) mass is 1700 g/mol. The third kappa shape index (κ3) is 182. The molecule has 0 aliphatic carbocycles. The lowest BCUT2D eigenvalue weighted by Crippen LogP contribution is -2.12. The van der Waals surface area contributed by atoms with Crippen LogP contribution in [0.5, 0.6) is 5.75 Å². The van der Waals surface area contributed by atoms with Gasteiger partial charge in [-0.15, -0.1) is 0 Å². The molecule has 9 rings (SSSR count). The smallest absolute Gasteiger partial charge is 0.250 e. The molecule has 1 N–H and O–H groups in total. The maximum Gasteiger partial charge on any atom is 0.250 e. The molecule has 6 heterocycles. The summed E-state index contributed by atoms with van der Waals surface area (Å²) in [7, 11) is 5.61. The Hall–Kier alpha value is -7.10. The highest BCUT2D eigenvalue weighted by Gasteiger charge is 2.04. The van der Waals surface area contributed by atoms with Gasteiger partial charge in [0, 0.05) is 83.0 Å². The van der Waals surface area contributed by atoms with Crippen LogP contribution >= 0.6 is 11.3 Å². The van der Waals surface area contributed by atoms with Crippen LogP contribution in [0.4, 0.5) is 0 Å². The molecule has 8 nitrogen and oxygen atoms in total. The van der Waals surface area contributed by atoms with Crippen LogP contribution in [0.3, 0.4) is 0 Å². The predicted octanol–water partition coefficient (Wildman–Crippen LogP) is 39.2. The van der Waals surface area contributed by atoms with Crippen molar-refractivity contribution in [3.8, 4) is 5.75 Å². The Labute approximate surface area is 763 Å². The number of phenols is 1. The first-order valence-corrected chi connectivity index (χ1v) is 47.8. The van der Waals surface area contributed by atoms with Crippen molar-refractivity contribution < 1.29 is 5.11 Å². The first-order valence-electron chi connectivity index (χ1n) is 46.8. The van der Waals surface area contributed by atoms with E-state index in [1.807, 2.05) is 328 Å². The molecule has 0 fully saturated rings. The fourth-order valence-electron chi connectivity index (χ4n) is 5.65. The molecule has 0 radical (unpaired) electrons. The van der Waals surface area contributed by atoms with Gasteiger partial charge >= 0.3 is 0 Å². The molecule has 0 bridgehead atoms. The standard InChI is InChI=1S/C10H14O.2C10H14.C8H11N.C6H7NO.C5H7N.C5H5N.C4H6N2.C4H4S.5C4H10.14C2H6.CH4/c1-7(2)9-6-8(3)4-5-10(9)11;1-8(2)10-6-4-9(3)5-7-10;1-8(2)10-6-4-5-9(3)7-10;1-7(2)8-4-3-5-9-6-8;1-7-5-3-2-4-6(7)8;1-6-4-2-3-5-6;1-2-4-6-5-3-1;1-6-4-2-3-5-6;1-2-4-5-3-1;5*1-4(2)3;14*1-2;/h4-7,11H,1-3H3;2*4-8H,1-3H3;3-7H,1-2H3;2-5H,1H3;2-5H,1H3;1-5H;2-4H,1H3;1-4H;5*4H,1-3H3;14*1-2H3;1H4. The largest absolute Gasteiger partial charge is 0.508 e. The van der Waals surface area contributed by atoms with Crippen molar-refractivity contribution in [1.82, 2.24) is 28.9 Å². The number of hydrogen-bond acceptors (Lipinski definition) is 6. The lowest BCUT2D eigenvalue weighted by molar-refractivity contribution is 0.464. The molecule has 712 valence electrons. The van der Waals surface area contributed by atoms with Crippen molar-refractivity contribution in [2.45, 2.75) is 405 Å². The summed E-state index contributed by atoms with van der Waals surface area (Å²) in [6, 6.07) is 47.9. The summed E-state index contributed by atoms with van der Waals surface area (Å²) < 4.78 is 5.28. The van der Waals surface area contributed by atoms with E-state index in [-0.39, 0.29) is 13.0 Å². The van der Waals surface area contributed by atoms with E-state index in [1.54, 1.807) is 66.2 Å². The predicted molar refractivity (Wildman–Crippen MR) is 573 cm³/mol. The lowest BCUT2D eigenvalue weighted by atomic mass is 10.0. The molecule has 3 aromatic carbocycles. The number of rotatable bonds is 4. The summed E-state index contributed by atoms with van der Waals surface area (Å²) in [6.07, 6.45) is 16.6. The van der Waals surface area contributed by atoms with Crippen LogP contribution in [-0.4, -0.2) is 34.0 Å². The minimum atomic E-state index is 0. The Balaban J connectivity index is -0.0000000491. The zero-order valence-electron chi connectivity index (χ0n) is 90.9. The number of pyridine rings is 3. The third-order valence-corrected chi connectivity index (χ3v) is 10.6. The van der Waals surface area contributed by atoms with E-state index in [9.17, 15) is 9.90 Å². The van der Waals surface area contributed by atoms with E-state index in [0.717, 1.165) is 35.2 Å². The van der Waals surface area contributed by atoms with Crippen LogP contribution in [0.25, 0.3) is 0 Å². The second-order valence-corrected chi connectivity index (χ2v) is 27.3. The summed E-state index contributed by atoms with van der Waals surface area (Å²) in [5, 5.41) is 17.3. The first-order chi connectivity index (χ1) is 56.6. The summed E-state index contributed by atoms with van der Waals surface area (Å²) in [5.74, 6) is 6.87. The van der Waals surface area contributed by atoms with E-state index in [2.05, 4.69) is 243 Å². The first kappa shape index (κ1) is 164. The zero-order valence-corrected chi connectivity index (χ0v) is 91.7. The lowest BCUT2D eigenvalue weighted by Gasteiger charge is -2.08. The van der Waals surface area contributed by atoms with Gasteiger partial charge in [-0.1, -0.05) is 468 Å². The average molecular weight is 1700 g/mol. The Bertz CT molecular complexity index is 2770. The number of aromatic nitrogens is 6. The van der Waals surface area contributed by atoms with Crippen molar-refractivity contribution >= 4 is 11.3 Å². The minimum Gasteiger partial charge on any atom is -0.508 e. The Kier molecular flexibility index (Phi) is 209. The van der Waals surface area contributed by atoms with Gasteiger partial charge in [-0.05, 0) is 156 Å². The molecule has 0 saturated heterocycles. The van der Waals surface area contributed by atoms with Gasteiger partial charge < -0.3 is 14.2 Å². The van der Waals surface area contributed by atoms with Gasteiger partial charge in [-0.2, -0.15) is 16.4 Å². The molecule has 0 unspecified atom stereocenters. The van der Waals surface area contributed by atoms with E-state index in [1.165, 1.54) is 44.0 Å². The fourth-order valence-corrected chi connectivity index (χ4v) is 6.10. The van der Waals surface area contributed by atoms with Gasteiger partial charge in [0.25, 0.3) is 0 Å². The highest BCUT2D eigenvalue weighted by Crippen LogP contribution is 2.25. The summed E-state index contributed by atoms with van der Waals surface area (Å²) in [5.41, 5.74) is 9.11. The molecule has 120 heavy (non-hydrogen) atoms. The number of benzene rings is 3. The maximum absolute atomic E-state index is 10.6. The van der Waals surface area contributed by atoms with Crippen LogP contribution < -0.4 is 5.56 Å². The minimum absolute atomic E-state index is 0. The van der Waals surface area contributed by atoms with Crippen LogP contribution in [0.2, 0.25) is 0 Å². The highest BCUT2D eigenvalue weighted by molar-refractivity contribution is 7.07. The quantitative estimate of drug-likeness (QED) is 0.190. The van der Waals surface area contributed by atoms with E-state index in [4.69, 9.17) is 0 Å². The topological polar surface area (TPSA) is 90.8 Å². The van der Waals surface area contributed by atoms with E-state index in [0.29, 0.717) is 29.4 Å². The number of hydrogen-bond donors (Lipinski definition) is 1. The normalized spacial score (nSPS) is 7.88. The molecule has 0 spiro atoms. The van der Waals surface area contributed by atoms with Crippen molar-refractivity contribution in [3.63, 3.8) is 0 Å². The number of aromatic hydroxyl groups is 1. The summed E-state index contributed by atoms with van der Waals surface area (Å²) >= 11 is 1.71. The second-order valence-electron chi connectivity index (χ2n) is 26.4. The van der Waals surface area contributed by atoms with E-state index >= 15 is 0 Å². The van der Waals surface area contributed by atoms with Crippen LogP contribution in [0.1, 0.15) is 423 Å². The van der Waals surface area contributed by atoms with E-state index < -0.39 is 0 Å². The maximum atomic E-state index is 10.6. The summed E-state index contributed by atoms with van der Waals surface area (Å²) in [4.78, 5) is 18.4. The SMILES string of the molecule is C.CC.CC.CC.CC.CC.CC.CC.CC.CC.CC.CC.CC.CC.CC.CC(C)C.CC(C)C.CC(C)C.CC(C)C.CC(C)C.CC(C)c1cccnc1.Cc1ccc(C(C)C)cc1.Cc1ccc(O)c(C(C)C)c1.Cc1cccc(C(C)C)c1.Cn1cccc1.Cn1ccccc1=O.Cn1cccn1.c1ccncc1.c1ccsc1. The zero-order chi connectivity index (χ0) is 98.7. The van der Waals surface area contributed by atoms with Crippen molar-refractivity contribution in [3.05, 3.63) is 261 Å². The van der Waals surface area contributed by atoms with Gasteiger partial charge in [0.2, 0.25) is 5.56 Å². The molecule has 0 atom stereocenters. The molecule has 0 aliphatic heterocycles. The van der Waals surface area contributed by atoms with Gasteiger partial charge in [0.05, 0.1) is 0 Å². The summed E-state index contributed by atoms with van der Waals surface area (Å²) in [6.45, 7) is 112. The molecular weight excluding hydrogens is 1480 g/mol. The number of phenolic OH excluding ortho intramolecular Hbond substituents is 1. The van der Waals surface area contributed by atoms with Gasteiger partial charge in [-0.25, -0.2) is 0 Å². The molecular formula is C111H220N6O2S. The number of aryl methyl sites for hydroxylation is 6. The Morgan fingerprint density at radius 3 is 0.825 bits per heavy atom. The molecule has 0 saturated carbocycles. The van der Waals surface area contributed by atoms with Gasteiger partial charge in [0.1, 0.15) is 5.75 Å². The molecule has 9 heteroatoms. The van der Waals surface area contributed by atoms with Gasteiger partial charge in [-0.3, -0.25) is 19.4 Å². The Morgan fingerprint density at radius 1 is 0.300 bits per heavy atom. The van der Waals surface area contributed by atoms with Crippen molar-refractivity contribution in [2.24, 2.45) is 50.7 Å². The average Bonchev–Trinajstić information content (AvgIpc) is 1.14. The number of thiophene rings is 1. The van der Waals surface area contributed by atoms with Crippen molar-refractivity contribution in [2.75, 3.05) is 0 Å². The molecule has 6 aromatic heterocycles. The van der Waals surface area contributed by atoms with Crippen LogP contribution in [0, 0.1) is 50.4 Å². The molecule has 0 amide bonds. The Morgan fingerprint density at radius 2 is 0.633 bits per heavy atom. The fraction of sp³-hybridized carbons (Fsp3) is 0.604.